The quantitative estimate of drug-likeness (QED) is 0.584. The summed E-state index contributed by atoms with van der Waals surface area (Å²) in [5.74, 6) is -0.0562. The van der Waals surface area contributed by atoms with Crippen LogP contribution in [0.4, 0.5) is 0 Å². The highest BCUT2D eigenvalue weighted by Crippen LogP contribution is 2.12. The lowest BCUT2D eigenvalue weighted by molar-refractivity contribution is -0.139. The summed E-state index contributed by atoms with van der Waals surface area (Å²) in [4.78, 5) is 10.9. The molecule has 0 aliphatic carbocycles. The van der Waals surface area contributed by atoms with Gasteiger partial charge in [0.1, 0.15) is 6.04 Å². The maximum Gasteiger partial charge on any atom is 0.320 e. The number of carbonyl (C=O) groups is 1. The van der Waals surface area contributed by atoms with Gasteiger partial charge in [0.2, 0.25) is 0 Å². The minimum atomic E-state index is -0.805. The minimum Gasteiger partial charge on any atom is -0.480 e. The third kappa shape index (κ3) is 7.64. The van der Waals surface area contributed by atoms with Crippen LogP contribution >= 0.6 is 11.8 Å². The highest BCUT2D eigenvalue weighted by Gasteiger charge is 2.17. The normalized spacial score (nSPS) is 15.3. The van der Waals surface area contributed by atoms with Gasteiger partial charge in [-0.05, 0) is 12.2 Å². The van der Waals surface area contributed by atoms with Crippen LogP contribution in [0.25, 0.3) is 0 Å². The Labute approximate surface area is 95.4 Å². The van der Waals surface area contributed by atoms with Crippen molar-refractivity contribution in [3.63, 3.8) is 0 Å². The molecule has 0 radical (unpaired) electrons. The molecule has 5 heteroatoms. The standard InChI is InChI=1S/C10H21NO3S/c1-7(2)11-9(10(13)14)4-5-15-8(3)6-12/h7-9,11-12H,4-6H2,1-3H3,(H,13,14). The van der Waals surface area contributed by atoms with Crippen LogP contribution in [0.5, 0.6) is 0 Å². The van der Waals surface area contributed by atoms with E-state index in [4.69, 9.17) is 10.2 Å². The fraction of sp³-hybridized carbons (Fsp3) is 0.900. The molecule has 0 rings (SSSR count). The largest absolute Gasteiger partial charge is 0.480 e. The van der Waals surface area contributed by atoms with Crippen molar-refractivity contribution < 1.29 is 15.0 Å². The Bertz CT molecular complexity index is 188. The van der Waals surface area contributed by atoms with E-state index in [1.165, 1.54) is 0 Å². The molecule has 0 aliphatic heterocycles. The Kier molecular flexibility index (Phi) is 7.82. The molecule has 0 bridgehead atoms. The van der Waals surface area contributed by atoms with Gasteiger partial charge >= 0.3 is 5.97 Å². The SMILES string of the molecule is CC(C)NC(CCSC(C)CO)C(=O)O. The topological polar surface area (TPSA) is 69.6 Å². The number of nitrogens with one attached hydrogen (secondary N) is 1. The summed E-state index contributed by atoms with van der Waals surface area (Å²) in [6.07, 6.45) is 0.586. The Hall–Kier alpha value is -0.260. The number of hydrogen-bond donors (Lipinski definition) is 3. The molecule has 0 aromatic rings. The van der Waals surface area contributed by atoms with Crippen molar-refractivity contribution in [1.29, 1.82) is 0 Å². The first kappa shape index (κ1) is 14.7. The van der Waals surface area contributed by atoms with Gasteiger partial charge in [-0.3, -0.25) is 4.79 Å². The maximum absolute atomic E-state index is 10.9. The number of aliphatic carboxylic acids is 1. The molecule has 2 unspecified atom stereocenters. The molecule has 0 fully saturated rings. The van der Waals surface area contributed by atoms with Crippen LogP contribution in [0.1, 0.15) is 27.2 Å². The molecule has 4 nitrogen and oxygen atoms in total. The van der Waals surface area contributed by atoms with Gasteiger partial charge in [-0.15, -0.1) is 0 Å². The first-order valence-corrected chi connectivity index (χ1v) is 6.23. The van der Waals surface area contributed by atoms with Crippen molar-refractivity contribution in [1.82, 2.24) is 5.32 Å². The van der Waals surface area contributed by atoms with Gasteiger partial charge in [-0.2, -0.15) is 11.8 Å². The molecule has 2 atom stereocenters. The van der Waals surface area contributed by atoms with E-state index < -0.39 is 12.0 Å². The van der Waals surface area contributed by atoms with E-state index in [1.54, 1.807) is 11.8 Å². The number of carboxylic acid groups (broad SMARTS) is 1. The van der Waals surface area contributed by atoms with Gasteiger partial charge in [0.25, 0.3) is 0 Å². The van der Waals surface area contributed by atoms with E-state index in [1.807, 2.05) is 20.8 Å². The second-order valence-corrected chi connectivity index (χ2v) is 5.41. The molecule has 0 saturated carbocycles. The Balaban J connectivity index is 3.81. The lowest BCUT2D eigenvalue weighted by atomic mass is 10.2. The number of carboxylic acids is 1. The van der Waals surface area contributed by atoms with E-state index in [9.17, 15) is 4.79 Å². The monoisotopic (exact) mass is 235 g/mol. The molecule has 90 valence electrons. The first-order valence-electron chi connectivity index (χ1n) is 5.18. The van der Waals surface area contributed by atoms with Crippen molar-refractivity contribution in [3.05, 3.63) is 0 Å². The molecular weight excluding hydrogens is 214 g/mol. The first-order chi connectivity index (χ1) is 6.97. The molecule has 0 aliphatic rings. The van der Waals surface area contributed by atoms with Crippen molar-refractivity contribution in [3.8, 4) is 0 Å². The zero-order valence-electron chi connectivity index (χ0n) is 9.56. The van der Waals surface area contributed by atoms with Crippen molar-refractivity contribution in [2.24, 2.45) is 0 Å². The Morgan fingerprint density at radius 2 is 2.00 bits per heavy atom. The van der Waals surface area contributed by atoms with Gasteiger partial charge in [0, 0.05) is 11.3 Å². The van der Waals surface area contributed by atoms with Gasteiger partial charge in [0.15, 0.2) is 0 Å². The molecule has 0 aromatic heterocycles. The van der Waals surface area contributed by atoms with E-state index in [0.717, 1.165) is 5.75 Å². The Morgan fingerprint density at radius 1 is 1.40 bits per heavy atom. The number of aliphatic hydroxyl groups is 1. The van der Waals surface area contributed by atoms with E-state index in [2.05, 4.69) is 5.32 Å². The summed E-state index contributed by atoms with van der Waals surface area (Å²) in [5, 5.41) is 20.9. The van der Waals surface area contributed by atoms with Crippen LogP contribution in [-0.4, -0.2) is 45.9 Å². The second kappa shape index (κ2) is 7.96. The number of rotatable bonds is 8. The minimum absolute atomic E-state index is 0.139. The summed E-state index contributed by atoms with van der Waals surface area (Å²) in [7, 11) is 0. The predicted molar refractivity (Wildman–Crippen MR) is 63.3 cm³/mol. The van der Waals surface area contributed by atoms with E-state index >= 15 is 0 Å². The van der Waals surface area contributed by atoms with Gasteiger partial charge in [0.05, 0.1) is 6.61 Å². The maximum atomic E-state index is 10.9. The van der Waals surface area contributed by atoms with Crippen molar-refractivity contribution in [2.75, 3.05) is 12.4 Å². The van der Waals surface area contributed by atoms with Crippen LogP contribution < -0.4 is 5.32 Å². The molecule has 0 heterocycles. The lowest BCUT2D eigenvalue weighted by Gasteiger charge is -2.17. The average Bonchev–Trinajstić information content (AvgIpc) is 2.15. The summed E-state index contributed by atoms with van der Waals surface area (Å²) < 4.78 is 0. The summed E-state index contributed by atoms with van der Waals surface area (Å²) in [6, 6.07) is -0.310. The van der Waals surface area contributed by atoms with Gasteiger partial charge in [-0.25, -0.2) is 0 Å². The van der Waals surface area contributed by atoms with E-state index in [-0.39, 0.29) is 17.9 Å². The molecule has 3 N–H and O–H groups in total. The van der Waals surface area contributed by atoms with Crippen LogP contribution in [0.3, 0.4) is 0 Å². The molecule has 0 saturated heterocycles. The van der Waals surface area contributed by atoms with Crippen LogP contribution in [0.2, 0.25) is 0 Å². The highest BCUT2D eigenvalue weighted by molar-refractivity contribution is 7.99. The third-order valence-corrected chi connectivity index (χ3v) is 3.09. The lowest BCUT2D eigenvalue weighted by Crippen LogP contribution is -2.41. The molecule has 0 aromatic carbocycles. The average molecular weight is 235 g/mol. The summed E-state index contributed by atoms with van der Waals surface area (Å²) >= 11 is 1.60. The second-order valence-electron chi connectivity index (χ2n) is 3.86. The van der Waals surface area contributed by atoms with Gasteiger partial charge < -0.3 is 15.5 Å². The molecule has 0 amide bonds. The predicted octanol–water partition coefficient (Wildman–Crippen LogP) is 0.942. The number of hydrogen-bond acceptors (Lipinski definition) is 4. The summed E-state index contributed by atoms with van der Waals surface area (Å²) in [5.41, 5.74) is 0. The van der Waals surface area contributed by atoms with E-state index in [0.29, 0.717) is 6.42 Å². The molecule has 15 heavy (non-hydrogen) atoms. The fourth-order valence-electron chi connectivity index (χ4n) is 1.12. The van der Waals surface area contributed by atoms with Gasteiger partial charge in [-0.1, -0.05) is 20.8 Å². The van der Waals surface area contributed by atoms with Crippen molar-refractivity contribution >= 4 is 17.7 Å². The highest BCUT2D eigenvalue weighted by atomic mass is 32.2. The molecular formula is C10H21NO3S. The number of aliphatic hydroxyl groups excluding tert-OH is 1. The van der Waals surface area contributed by atoms with Crippen LogP contribution in [0, 0.1) is 0 Å². The fourth-order valence-corrected chi connectivity index (χ4v) is 2.00. The summed E-state index contributed by atoms with van der Waals surface area (Å²) in [6.45, 7) is 5.93. The Morgan fingerprint density at radius 3 is 2.40 bits per heavy atom. The zero-order valence-corrected chi connectivity index (χ0v) is 10.4. The molecule has 0 spiro atoms. The third-order valence-electron chi connectivity index (χ3n) is 1.90. The van der Waals surface area contributed by atoms with Crippen LogP contribution in [-0.2, 0) is 4.79 Å². The van der Waals surface area contributed by atoms with Crippen LogP contribution in [0.15, 0.2) is 0 Å². The number of thioether (sulfide) groups is 1. The van der Waals surface area contributed by atoms with Crippen molar-refractivity contribution in [2.45, 2.75) is 44.5 Å². The zero-order chi connectivity index (χ0) is 11.8. The smallest absolute Gasteiger partial charge is 0.320 e.